The molecule has 6 rings (SSSR count). The summed E-state index contributed by atoms with van der Waals surface area (Å²) in [7, 11) is 3.12. The van der Waals surface area contributed by atoms with Crippen LogP contribution in [0, 0.1) is 5.92 Å². The van der Waals surface area contributed by atoms with Crippen LogP contribution in [-0.4, -0.2) is 93.9 Å². The fourth-order valence-corrected chi connectivity index (χ4v) is 6.96. The van der Waals surface area contributed by atoms with Gasteiger partial charge < -0.3 is 39.6 Å². The maximum Gasteiger partial charge on any atom is 0.408 e. The smallest absolute Gasteiger partial charge is 0.408 e. The summed E-state index contributed by atoms with van der Waals surface area (Å²) in [6.07, 6.45) is 7.63. The van der Waals surface area contributed by atoms with Gasteiger partial charge in [0, 0.05) is 29.9 Å². The third-order valence-electron chi connectivity index (χ3n) is 9.82. The van der Waals surface area contributed by atoms with Crippen molar-refractivity contribution in [2.75, 3.05) is 20.8 Å². The molecule has 1 saturated heterocycles. The van der Waals surface area contributed by atoms with Gasteiger partial charge in [0.25, 0.3) is 0 Å². The highest BCUT2D eigenvalue weighted by Crippen LogP contribution is 2.45. The van der Waals surface area contributed by atoms with Crippen molar-refractivity contribution >= 4 is 34.8 Å². The molecule has 14 heteroatoms. The van der Waals surface area contributed by atoms with Crippen LogP contribution in [0.5, 0.6) is 17.2 Å². The maximum absolute atomic E-state index is 14.4. The van der Waals surface area contributed by atoms with Crippen molar-refractivity contribution < 1.29 is 43.2 Å². The number of ether oxygens (including phenoxy) is 4. The number of carbonyl (C=O) groups excluding carboxylic acids is 3. The van der Waals surface area contributed by atoms with Crippen LogP contribution < -0.4 is 24.8 Å². The van der Waals surface area contributed by atoms with Crippen LogP contribution >= 0.6 is 0 Å². The highest BCUT2D eigenvalue weighted by Gasteiger charge is 2.61. The van der Waals surface area contributed by atoms with Crippen LogP contribution in [0.1, 0.15) is 65.7 Å². The number of nitrogens with one attached hydrogen (secondary N) is 2. The monoisotopic (exact) mass is 729 g/mol. The molecule has 1 saturated carbocycles. The van der Waals surface area contributed by atoms with E-state index >= 15 is 0 Å². The third-order valence-corrected chi connectivity index (χ3v) is 9.82. The number of benzene rings is 1. The SMILES string of the molecule is COc1ccc(-c2cc(O[C@@H]3CC4C(=O)NC5(C(=O)O)CC5/C=C\CCCCCC(NC(=O)OC(C)(C)C)C(=O)N4C3)c3ccc(OC)cc3n2)nc1. The molecule has 4 heterocycles. The fraction of sp³-hybridized carbons (Fsp3) is 0.487. The van der Waals surface area contributed by atoms with Gasteiger partial charge in [-0.05, 0) is 70.7 Å². The number of aliphatic carboxylic acids is 1. The van der Waals surface area contributed by atoms with Crippen molar-refractivity contribution in [3.8, 4) is 28.6 Å². The molecule has 53 heavy (non-hydrogen) atoms. The number of rotatable bonds is 7. The Bertz CT molecular complexity index is 1890. The topological polar surface area (TPSA) is 179 Å². The molecule has 4 unspecified atom stereocenters. The van der Waals surface area contributed by atoms with Gasteiger partial charge in [-0.25, -0.2) is 14.6 Å². The Morgan fingerprint density at radius 2 is 1.79 bits per heavy atom. The molecule has 1 aliphatic carbocycles. The molecule has 5 atom stereocenters. The minimum absolute atomic E-state index is 0.00289. The quantitative estimate of drug-likeness (QED) is 0.278. The molecule has 0 bridgehead atoms. The number of amides is 3. The first kappa shape index (κ1) is 37.4. The Hall–Kier alpha value is -5.40. The highest BCUT2D eigenvalue weighted by molar-refractivity contribution is 5.96. The molecule has 3 N–H and O–H groups in total. The lowest BCUT2D eigenvalue weighted by atomic mass is 10.0. The van der Waals surface area contributed by atoms with Gasteiger partial charge >= 0.3 is 12.1 Å². The fourth-order valence-electron chi connectivity index (χ4n) is 6.96. The van der Waals surface area contributed by atoms with Gasteiger partial charge in [-0.15, -0.1) is 0 Å². The molecule has 3 amide bonds. The van der Waals surface area contributed by atoms with Crippen LogP contribution in [0.25, 0.3) is 22.3 Å². The number of nitrogens with zero attached hydrogens (tertiary/aromatic N) is 3. The van der Waals surface area contributed by atoms with Crippen LogP contribution in [0.2, 0.25) is 0 Å². The summed E-state index contributed by atoms with van der Waals surface area (Å²) in [6.45, 7) is 5.21. The lowest BCUT2D eigenvalue weighted by Crippen LogP contribution is -2.56. The summed E-state index contributed by atoms with van der Waals surface area (Å²) in [5.41, 5.74) is -0.595. The maximum atomic E-state index is 14.4. The van der Waals surface area contributed by atoms with Crippen molar-refractivity contribution in [1.82, 2.24) is 25.5 Å². The molecule has 14 nitrogen and oxygen atoms in total. The van der Waals surface area contributed by atoms with Gasteiger partial charge in [-0.2, -0.15) is 0 Å². The van der Waals surface area contributed by atoms with Gasteiger partial charge in [0.2, 0.25) is 11.8 Å². The second-order valence-corrected chi connectivity index (χ2v) is 14.8. The number of carboxylic acid groups (broad SMARTS) is 1. The van der Waals surface area contributed by atoms with Crippen molar-refractivity contribution in [2.45, 2.75) is 95.0 Å². The second-order valence-electron chi connectivity index (χ2n) is 14.8. The molecule has 2 fully saturated rings. The number of pyridine rings is 2. The van der Waals surface area contributed by atoms with E-state index in [-0.39, 0.29) is 25.3 Å². The first-order chi connectivity index (χ1) is 25.3. The molecule has 3 aromatic rings. The zero-order valence-electron chi connectivity index (χ0n) is 30.7. The van der Waals surface area contributed by atoms with Crippen LogP contribution in [0.3, 0.4) is 0 Å². The zero-order valence-corrected chi connectivity index (χ0v) is 30.7. The van der Waals surface area contributed by atoms with Crippen LogP contribution in [0.15, 0.2) is 54.7 Å². The van der Waals surface area contributed by atoms with E-state index in [9.17, 15) is 24.3 Å². The summed E-state index contributed by atoms with van der Waals surface area (Å²) in [4.78, 5) is 64.8. The summed E-state index contributed by atoms with van der Waals surface area (Å²) < 4.78 is 22.9. The summed E-state index contributed by atoms with van der Waals surface area (Å²) in [5, 5.41) is 16.4. The Kier molecular flexibility index (Phi) is 10.8. The number of hydrogen-bond donors (Lipinski definition) is 3. The normalized spacial score (nSPS) is 25.5. The van der Waals surface area contributed by atoms with E-state index < -0.39 is 53.2 Å². The molecule has 282 valence electrons. The number of alkyl carbamates (subject to hydrolysis) is 1. The number of hydrogen-bond acceptors (Lipinski definition) is 10. The Morgan fingerprint density at radius 1 is 1.02 bits per heavy atom. The Morgan fingerprint density at radius 3 is 2.49 bits per heavy atom. The van der Waals surface area contributed by atoms with Gasteiger partial charge in [-0.3, -0.25) is 14.6 Å². The number of aromatic nitrogens is 2. The Balaban J connectivity index is 1.35. The first-order valence-corrected chi connectivity index (χ1v) is 18.0. The summed E-state index contributed by atoms with van der Waals surface area (Å²) >= 11 is 0. The molecule has 0 radical (unpaired) electrons. The summed E-state index contributed by atoms with van der Waals surface area (Å²) in [5.74, 6) is -0.935. The van der Waals surface area contributed by atoms with Gasteiger partial charge in [0.05, 0.1) is 43.9 Å². The predicted octanol–water partition coefficient (Wildman–Crippen LogP) is 5.04. The molecular weight excluding hydrogens is 682 g/mol. The van der Waals surface area contributed by atoms with E-state index in [0.717, 1.165) is 19.3 Å². The average Bonchev–Trinajstić information content (AvgIpc) is 3.66. The van der Waals surface area contributed by atoms with Crippen molar-refractivity contribution in [3.05, 3.63) is 54.7 Å². The number of fused-ring (bicyclic) bond motifs is 3. The lowest BCUT2D eigenvalue weighted by Gasteiger charge is -2.30. The van der Waals surface area contributed by atoms with Crippen LogP contribution in [-0.2, 0) is 19.1 Å². The van der Waals surface area contributed by atoms with E-state index in [4.69, 9.17) is 23.9 Å². The van der Waals surface area contributed by atoms with Gasteiger partial charge in [0.1, 0.15) is 46.6 Å². The predicted molar refractivity (Wildman–Crippen MR) is 195 cm³/mol. The minimum atomic E-state index is -1.46. The molecule has 2 aliphatic heterocycles. The second kappa shape index (κ2) is 15.3. The molecular formula is C39H47N5O9. The van der Waals surface area contributed by atoms with Gasteiger partial charge in [0.15, 0.2) is 0 Å². The van der Waals surface area contributed by atoms with E-state index in [1.807, 2.05) is 18.2 Å². The average molecular weight is 730 g/mol. The minimum Gasteiger partial charge on any atom is -0.497 e. The molecule has 3 aliphatic rings. The van der Waals surface area contributed by atoms with Crippen LogP contribution in [0.4, 0.5) is 4.79 Å². The van der Waals surface area contributed by atoms with Crippen molar-refractivity contribution in [3.63, 3.8) is 0 Å². The lowest BCUT2D eigenvalue weighted by molar-refractivity contribution is -0.145. The Labute approximate surface area is 308 Å². The van der Waals surface area contributed by atoms with Crippen molar-refractivity contribution in [2.24, 2.45) is 5.92 Å². The van der Waals surface area contributed by atoms with Crippen molar-refractivity contribution in [1.29, 1.82) is 0 Å². The van der Waals surface area contributed by atoms with E-state index in [2.05, 4.69) is 15.6 Å². The highest BCUT2D eigenvalue weighted by atomic mass is 16.6. The molecule has 1 aromatic carbocycles. The molecule has 2 aromatic heterocycles. The first-order valence-electron chi connectivity index (χ1n) is 18.0. The van der Waals surface area contributed by atoms with E-state index in [1.54, 1.807) is 71.5 Å². The number of carbonyl (C=O) groups is 4. The number of allylic oxidation sites excluding steroid dienone is 1. The number of carboxylic acids is 1. The summed E-state index contributed by atoms with van der Waals surface area (Å²) in [6, 6.07) is 8.66. The largest absolute Gasteiger partial charge is 0.497 e. The van der Waals surface area contributed by atoms with E-state index in [1.165, 1.54) is 4.90 Å². The van der Waals surface area contributed by atoms with Gasteiger partial charge in [-0.1, -0.05) is 25.0 Å². The zero-order chi connectivity index (χ0) is 37.9. The number of methoxy groups -OCH3 is 2. The van der Waals surface area contributed by atoms with E-state index in [0.29, 0.717) is 52.4 Å². The standard InChI is InChI=1S/C39H47N5O9/c1-38(2,3)53-37(49)42-29-12-10-8-6-7-9-11-23-20-39(23,36(47)48)43-34(45)32-18-26(22-44(32)35(29)46)52-33-19-31(28-16-14-25(51-5)21-40-28)41-30-17-24(50-4)13-15-27(30)33/h9,11,13-17,19,21,23,26,29,32H,6-8,10,12,18,20,22H2,1-5H3,(H,42,49)(H,43,45)(H,47,48)/b11-9-/t23?,26-,29?,32?,39?/m1/s1. The molecule has 0 spiro atoms. The third kappa shape index (κ3) is 8.47.